The zero-order valence-electron chi connectivity index (χ0n) is 21.1. The number of rotatable bonds is 3. The van der Waals surface area contributed by atoms with Crippen LogP contribution in [0.15, 0.2) is 12.5 Å². The second-order valence-electron chi connectivity index (χ2n) is 6.40. The number of nitrogens with zero attached hydrogens (tertiary/aromatic N) is 6. The summed E-state index contributed by atoms with van der Waals surface area (Å²) >= 11 is 0. The van der Waals surface area contributed by atoms with Crippen molar-refractivity contribution in [3.05, 3.63) is 72.4 Å². The molecule has 0 saturated heterocycles. The van der Waals surface area contributed by atoms with Crippen molar-refractivity contribution in [3.8, 4) is 0 Å². The van der Waals surface area contributed by atoms with E-state index in [0.29, 0.717) is 0 Å². The van der Waals surface area contributed by atoms with Gasteiger partial charge in [0.1, 0.15) is 0 Å². The van der Waals surface area contributed by atoms with Gasteiger partial charge in [-0.15, -0.1) is 13.8 Å². The van der Waals surface area contributed by atoms with E-state index in [2.05, 4.69) is 51.8 Å². The normalized spacial score (nSPS) is 10.7. The predicted octanol–water partition coefficient (Wildman–Crippen LogP) is 4.94. The SMILES string of the molecule is C[C-]=C(C)n1[c-]c(C)nc1.C[C-]=C(C)n1[c-]cnc1C.C[C-]=Cn1[c-]c(C)nc1C.[Y].[Y].[Y]. The summed E-state index contributed by atoms with van der Waals surface area (Å²) in [7, 11) is 0. The molecule has 0 saturated carbocycles. The van der Waals surface area contributed by atoms with Crippen LogP contribution in [0.3, 0.4) is 0 Å². The van der Waals surface area contributed by atoms with Gasteiger partial charge in [-0.2, -0.15) is 0 Å². The summed E-state index contributed by atoms with van der Waals surface area (Å²) in [6.45, 7) is 17.3. The number of aromatic nitrogens is 6. The van der Waals surface area contributed by atoms with Gasteiger partial charge in [-0.3, -0.25) is 17.6 Å². The van der Waals surface area contributed by atoms with Gasteiger partial charge in [0.25, 0.3) is 0 Å². The van der Waals surface area contributed by atoms with Crippen LogP contribution < -0.4 is 0 Å². The van der Waals surface area contributed by atoms with Crippen LogP contribution in [0.5, 0.6) is 0 Å². The molecule has 0 aliphatic rings. The van der Waals surface area contributed by atoms with Crippen LogP contribution in [-0.4, -0.2) is 28.7 Å². The molecule has 0 N–H and O–H groups in total. The molecule has 0 unspecified atom stereocenters. The van der Waals surface area contributed by atoms with E-state index < -0.39 is 0 Å². The molecule has 3 aromatic heterocycles. The molecular formula is C24H30N6Y3-6. The van der Waals surface area contributed by atoms with Gasteiger partial charge in [-0.1, -0.05) is 32.4 Å². The van der Waals surface area contributed by atoms with Crippen LogP contribution in [0.4, 0.5) is 0 Å². The van der Waals surface area contributed by atoms with Gasteiger partial charge in [-0.25, -0.2) is 20.8 Å². The molecule has 171 valence electrons. The maximum Gasteiger partial charge on any atom is 0 e. The van der Waals surface area contributed by atoms with Crippen molar-refractivity contribution in [1.29, 1.82) is 0 Å². The number of aryl methyl sites for hydroxylation is 4. The van der Waals surface area contributed by atoms with Crippen LogP contribution >= 0.6 is 0 Å². The zero-order valence-corrected chi connectivity index (χ0v) is 29.7. The molecule has 0 fully saturated rings. The predicted molar refractivity (Wildman–Crippen MR) is 120 cm³/mol. The summed E-state index contributed by atoms with van der Waals surface area (Å²) in [6, 6.07) is 0. The van der Waals surface area contributed by atoms with Gasteiger partial charge in [0, 0.05) is 98.1 Å². The minimum atomic E-state index is 0. The molecule has 3 aromatic rings. The summed E-state index contributed by atoms with van der Waals surface area (Å²) in [5.41, 5.74) is 3.90. The van der Waals surface area contributed by atoms with Crippen LogP contribution in [-0.2, 0) is 98.1 Å². The fourth-order valence-electron chi connectivity index (χ4n) is 2.28. The van der Waals surface area contributed by atoms with Gasteiger partial charge < -0.3 is 46.9 Å². The van der Waals surface area contributed by atoms with Crippen molar-refractivity contribution in [2.45, 2.75) is 62.3 Å². The largest absolute Gasteiger partial charge is 0.554 e. The summed E-state index contributed by atoms with van der Waals surface area (Å²) in [4.78, 5) is 12.2. The molecule has 9 heteroatoms. The van der Waals surface area contributed by atoms with E-state index >= 15 is 0 Å². The van der Waals surface area contributed by atoms with E-state index in [0.717, 1.165) is 34.4 Å². The van der Waals surface area contributed by atoms with Crippen molar-refractivity contribution in [3.63, 3.8) is 0 Å². The van der Waals surface area contributed by atoms with Crippen LogP contribution in [0.25, 0.3) is 17.6 Å². The average molecular weight is 669 g/mol. The Balaban J connectivity index is -0.000000391. The van der Waals surface area contributed by atoms with E-state index in [1.807, 2.05) is 82.2 Å². The third kappa shape index (κ3) is 13.7. The Morgan fingerprint density at radius 3 is 1.82 bits per heavy atom. The van der Waals surface area contributed by atoms with Crippen molar-refractivity contribution < 1.29 is 98.1 Å². The summed E-state index contributed by atoms with van der Waals surface area (Å²) in [5.74, 6) is 1.90. The molecule has 0 bridgehead atoms. The molecule has 33 heavy (non-hydrogen) atoms. The van der Waals surface area contributed by atoms with Crippen molar-refractivity contribution in [1.82, 2.24) is 28.7 Å². The Kier molecular flexibility index (Phi) is 23.3. The maximum atomic E-state index is 4.17. The van der Waals surface area contributed by atoms with E-state index in [1.165, 1.54) is 0 Å². The first-order valence-electron chi connectivity index (χ1n) is 9.57. The van der Waals surface area contributed by atoms with Gasteiger partial charge in [0.15, 0.2) is 0 Å². The van der Waals surface area contributed by atoms with Crippen molar-refractivity contribution >= 4 is 17.6 Å². The Bertz CT molecular complexity index is 1010. The monoisotopic (exact) mass is 669 g/mol. The van der Waals surface area contributed by atoms with Gasteiger partial charge in [0.05, 0.1) is 0 Å². The molecule has 3 heterocycles. The Morgan fingerprint density at radius 1 is 0.848 bits per heavy atom. The number of imidazole rings is 3. The smallest absolute Gasteiger partial charge is 0 e. The summed E-state index contributed by atoms with van der Waals surface area (Å²) in [5, 5.41) is 0. The van der Waals surface area contributed by atoms with Crippen molar-refractivity contribution in [2.75, 3.05) is 0 Å². The molecule has 0 aromatic carbocycles. The fraction of sp³-hybridized carbons (Fsp3) is 0.375. The average Bonchev–Trinajstić information content (AvgIpc) is 3.42. The first-order chi connectivity index (χ1) is 14.2. The van der Waals surface area contributed by atoms with E-state index in [9.17, 15) is 0 Å². The first-order valence-corrected chi connectivity index (χ1v) is 9.57. The van der Waals surface area contributed by atoms with E-state index in [-0.39, 0.29) is 98.1 Å². The first kappa shape index (κ1) is 37.7. The third-order valence-electron chi connectivity index (χ3n) is 4.05. The van der Waals surface area contributed by atoms with Crippen LogP contribution in [0.1, 0.15) is 57.7 Å². The molecule has 0 atom stereocenters. The summed E-state index contributed by atoms with van der Waals surface area (Å²) in [6.07, 6.45) is 23.2. The Labute approximate surface area is 275 Å². The molecule has 0 aliphatic carbocycles. The topological polar surface area (TPSA) is 53.5 Å². The molecule has 6 nitrogen and oxygen atoms in total. The Hall–Kier alpha value is 0.162. The number of hydrogen-bond donors (Lipinski definition) is 0. The molecule has 3 rings (SSSR count). The quantitative estimate of drug-likeness (QED) is 0.372. The third-order valence-corrected chi connectivity index (χ3v) is 4.05. The maximum absolute atomic E-state index is 4.17. The van der Waals surface area contributed by atoms with Crippen LogP contribution in [0, 0.1) is 64.5 Å². The minimum absolute atomic E-state index is 0. The number of hydrogen-bond acceptors (Lipinski definition) is 3. The standard InChI is InChI=1S/3C8H10N2.3Y/c1-4-8(3)10-5-7(2)9-6-10;1-4-7(2)10-6-5-9-8(10)3;1-4-5-10-6-7(2)9-8(10)3;;;/h6H,1-3H3;2*5H,1-3H3;;;/q3*-2;;;. The molecule has 3 radical (unpaired) electrons. The van der Waals surface area contributed by atoms with E-state index in [4.69, 9.17) is 0 Å². The molecular weight excluding hydrogens is 639 g/mol. The molecule has 0 spiro atoms. The summed E-state index contributed by atoms with van der Waals surface area (Å²) < 4.78 is 5.53. The Morgan fingerprint density at radius 2 is 1.45 bits per heavy atom. The van der Waals surface area contributed by atoms with Gasteiger partial charge in [-0.05, 0) is 49.4 Å². The minimum Gasteiger partial charge on any atom is -0.554 e. The molecule has 0 amide bonds. The second kappa shape index (κ2) is 20.4. The molecule has 0 aliphatic heterocycles. The van der Waals surface area contributed by atoms with Gasteiger partial charge >= 0.3 is 0 Å². The zero-order chi connectivity index (χ0) is 22.7. The fourth-order valence-corrected chi connectivity index (χ4v) is 2.28. The number of allylic oxidation sites excluding steroid dienone is 5. The van der Waals surface area contributed by atoms with Crippen LogP contribution in [0.2, 0.25) is 0 Å². The second-order valence-corrected chi connectivity index (χ2v) is 6.40. The van der Waals surface area contributed by atoms with Crippen molar-refractivity contribution in [2.24, 2.45) is 0 Å². The van der Waals surface area contributed by atoms with E-state index in [1.54, 1.807) is 12.5 Å². The van der Waals surface area contributed by atoms with Gasteiger partial charge in [0.2, 0.25) is 0 Å².